The van der Waals surface area contributed by atoms with Crippen molar-refractivity contribution in [2.24, 2.45) is 0 Å². The molecule has 8 heteroatoms. The Morgan fingerprint density at radius 2 is 1.74 bits per heavy atom. The highest BCUT2D eigenvalue weighted by Gasteiger charge is 2.34. The van der Waals surface area contributed by atoms with Gasteiger partial charge in [-0.05, 0) is 73.7 Å². The number of benzene rings is 2. The highest BCUT2D eigenvalue weighted by molar-refractivity contribution is 6.01. The van der Waals surface area contributed by atoms with Crippen LogP contribution in [-0.2, 0) is 14.4 Å². The maximum atomic E-state index is 13.8. The van der Waals surface area contributed by atoms with E-state index >= 15 is 0 Å². The summed E-state index contributed by atoms with van der Waals surface area (Å²) < 4.78 is 13.8. The molecule has 1 aromatic heterocycles. The van der Waals surface area contributed by atoms with E-state index < -0.39 is 11.9 Å². The molecule has 0 spiro atoms. The van der Waals surface area contributed by atoms with Crippen LogP contribution in [0.4, 0.5) is 15.9 Å². The number of hydrogen-bond acceptors (Lipinski definition) is 4. The minimum Gasteiger partial charge on any atom is -0.351 e. The molecule has 0 saturated heterocycles. The standard InChI is InChI=1S/C31H35FN4O3/c1-22-9-7-12-26(21-22)36(29(38)15-8-14-28(37)35-27-13-5-6-20-33-27)30(23-16-18-24(32)19-17-23)31(39)34-25-10-3-2-4-11-25/h5-7,9,12-13,16-21,25,30H,2-4,8,10-11,14-15H2,1H3,(H,34,39)(H,33,35,37). The van der Waals surface area contributed by atoms with E-state index in [9.17, 15) is 18.8 Å². The minimum atomic E-state index is -0.982. The second kappa shape index (κ2) is 13.6. The molecule has 204 valence electrons. The van der Waals surface area contributed by atoms with Crippen LogP contribution in [0.15, 0.2) is 72.9 Å². The molecular formula is C31H35FN4O3. The lowest BCUT2D eigenvalue weighted by Gasteiger charge is -2.33. The van der Waals surface area contributed by atoms with Crippen LogP contribution in [0.1, 0.15) is 68.5 Å². The number of anilines is 2. The molecule has 0 bridgehead atoms. The van der Waals surface area contributed by atoms with E-state index in [4.69, 9.17) is 0 Å². The molecule has 1 unspecified atom stereocenters. The monoisotopic (exact) mass is 530 g/mol. The maximum Gasteiger partial charge on any atom is 0.248 e. The molecule has 1 fully saturated rings. The van der Waals surface area contributed by atoms with Crippen molar-refractivity contribution in [1.29, 1.82) is 0 Å². The molecular weight excluding hydrogens is 495 g/mol. The Balaban J connectivity index is 1.57. The number of aryl methyl sites for hydroxylation is 1. The van der Waals surface area contributed by atoms with Crippen LogP contribution in [0.3, 0.4) is 0 Å². The number of halogens is 1. The summed E-state index contributed by atoms with van der Waals surface area (Å²) >= 11 is 0. The summed E-state index contributed by atoms with van der Waals surface area (Å²) in [4.78, 5) is 45.6. The quantitative estimate of drug-likeness (QED) is 0.343. The van der Waals surface area contributed by atoms with E-state index in [1.165, 1.54) is 17.0 Å². The normalized spacial score (nSPS) is 14.3. The average Bonchev–Trinajstić information content (AvgIpc) is 2.93. The van der Waals surface area contributed by atoms with Crippen LogP contribution >= 0.6 is 0 Å². The van der Waals surface area contributed by atoms with Gasteiger partial charge in [0.2, 0.25) is 17.7 Å². The number of hydrogen-bond donors (Lipinski definition) is 2. The van der Waals surface area contributed by atoms with Crippen LogP contribution in [0.25, 0.3) is 0 Å². The van der Waals surface area contributed by atoms with Crippen LogP contribution < -0.4 is 15.5 Å². The van der Waals surface area contributed by atoms with Crippen LogP contribution in [0, 0.1) is 12.7 Å². The second-order valence-corrected chi connectivity index (χ2v) is 10.0. The van der Waals surface area contributed by atoms with Gasteiger partial charge in [-0.2, -0.15) is 0 Å². The number of aromatic nitrogens is 1. The van der Waals surface area contributed by atoms with Gasteiger partial charge in [0.25, 0.3) is 0 Å². The zero-order valence-electron chi connectivity index (χ0n) is 22.2. The van der Waals surface area contributed by atoms with Gasteiger partial charge < -0.3 is 10.6 Å². The van der Waals surface area contributed by atoms with Crippen molar-refractivity contribution >= 4 is 29.2 Å². The van der Waals surface area contributed by atoms with Gasteiger partial charge in [-0.3, -0.25) is 19.3 Å². The van der Waals surface area contributed by atoms with Gasteiger partial charge in [-0.25, -0.2) is 9.37 Å². The van der Waals surface area contributed by atoms with Gasteiger partial charge in [0.15, 0.2) is 0 Å². The zero-order chi connectivity index (χ0) is 27.6. The first-order valence-electron chi connectivity index (χ1n) is 13.6. The largest absolute Gasteiger partial charge is 0.351 e. The van der Waals surface area contributed by atoms with Gasteiger partial charge >= 0.3 is 0 Å². The summed E-state index contributed by atoms with van der Waals surface area (Å²) in [5, 5.41) is 5.88. The molecule has 3 amide bonds. The van der Waals surface area contributed by atoms with Crippen molar-refractivity contribution < 1.29 is 18.8 Å². The Hall–Kier alpha value is -4.07. The van der Waals surface area contributed by atoms with Crippen LogP contribution in [0.5, 0.6) is 0 Å². The molecule has 0 radical (unpaired) electrons. The predicted molar refractivity (Wildman–Crippen MR) is 150 cm³/mol. The van der Waals surface area contributed by atoms with Crippen molar-refractivity contribution in [3.8, 4) is 0 Å². The van der Waals surface area contributed by atoms with E-state index in [1.807, 2.05) is 25.1 Å². The van der Waals surface area contributed by atoms with E-state index in [1.54, 1.807) is 42.6 Å². The maximum absolute atomic E-state index is 13.8. The summed E-state index contributed by atoms with van der Waals surface area (Å²) in [6.07, 6.45) is 7.10. The van der Waals surface area contributed by atoms with Gasteiger partial charge in [0, 0.05) is 30.8 Å². The second-order valence-electron chi connectivity index (χ2n) is 10.0. The minimum absolute atomic E-state index is 0.0407. The molecule has 1 aliphatic carbocycles. The number of nitrogens with zero attached hydrogens (tertiary/aromatic N) is 2. The molecule has 3 aromatic rings. The van der Waals surface area contributed by atoms with Crippen molar-refractivity contribution in [2.75, 3.05) is 10.2 Å². The lowest BCUT2D eigenvalue weighted by Crippen LogP contribution is -2.47. The lowest BCUT2D eigenvalue weighted by atomic mass is 9.94. The van der Waals surface area contributed by atoms with Crippen molar-refractivity contribution in [2.45, 2.75) is 70.4 Å². The molecule has 1 saturated carbocycles. The van der Waals surface area contributed by atoms with Gasteiger partial charge in [-0.1, -0.05) is 49.6 Å². The number of amides is 3. The molecule has 2 aromatic carbocycles. The van der Waals surface area contributed by atoms with E-state index in [-0.39, 0.29) is 36.6 Å². The molecule has 1 atom stereocenters. The third-order valence-electron chi connectivity index (χ3n) is 6.92. The number of nitrogens with one attached hydrogen (secondary N) is 2. The first kappa shape index (κ1) is 28.0. The Morgan fingerprint density at radius 1 is 0.974 bits per heavy atom. The zero-order valence-corrected chi connectivity index (χ0v) is 22.2. The van der Waals surface area contributed by atoms with E-state index in [0.29, 0.717) is 23.5 Å². The fourth-order valence-electron chi connectivity index (χ4n) is 4.97. The molecule has 1 aliphatic rings. The van der Waals surface area contributed by atoms with Crippen molar-refractivity contribution in [3.05, 3.63) is 89.9 Å². The van der Waals surface area contributed by atoms with Crippen LogP contribution in [-0.4, -0.2) is 28.7 Å². The van der Waals surface area contributed by atoms with Crippen molar-refractivity contribution in [1.82, 2.24) is 10.3 Å². The summed E-state index contributed by atoms with van der Waals surface area (Å²) in [5.41, 5.74) is 2.03. The molecule has 0 aliphatic heterocycles. The molecule has 39 heavy (non-hydrogen) atoms. The summed E-state index contributed by atoms with van der Waals surface area (Å²) in [6.45, 7) is 1.92. The average molecular weight is 531 g/mol. The van der Waals surface area contributed by atoms with E-state index in [0.717, 1.165) is 37.7 Å². The summed E-state index contributed by atoms with van der Waals surface area (Å²) in [7, 11) is 0. The predicted octanol–water partition coefficient (Wildman–Crippen LogP) is 5.86. The SMILES string of the molecule is Cc1cccc(N(C(=O)CCCC(=O)Nc2ccccn2)C(C(=O)NC2CCCCC2)c2ccc(F)cc2)c1. The Bertz CT molecular complexity index is 1260. The smallest absolute Gasteiger partial charge is 0.248 e. The first-order valence-corrected chi connectivity index (χ1v) is 13.6. The van der Waals surface area contributed by atoms with E-state index in [2.05, 4.69) is 15.6 Å². The number of pyridine rings is 1. The number of rotatable bonds is 10. The third kappa shape index (κ3) is 7.96. The molecule has 2 N–H and O–H groups in total. The Kier molecular flexibility index (Phi) is 9.78. The Morgan fingerprint density at radius 3 is 2.44 bits per heavy atom. The fraction of sp³-hybridized carbons (Fsp3) is 0.355. The molecule has 4 rings (SSSR count). The molecule has 1 heterocycles. The van der Waals surface area contributed by atoms with Crippen molar-refractivity contribution in [3.63, 3.8) is 0 Å². The molecule has 7 nitrogen and oxygen atoms in total. The number of carbonyl (C=O) groups excluding carboxylic acids is 3. The third-order valence-corrected chi connectivity index (χ3v) is 6.92. The fourth-order valence-corrected chi connectivity index (χ4v) is 4.97. The number of carbonyl (C=O) groups is 3. The van der Waals surface area contributed by atoms with Gasteiger partial charge in [0.05, 0.1) is 0 Å². The van der Waals surface area contributed by atoms with Crippen LogP contribution in [0.2, 0.25) is 0 Å². The highest BCUT2D eigenvalue weighted by Crippen LogP contribution is 2.31. The highest BCUT2D eigenvalue weighted by atomic mass is 19.1. The lowest BCUT2D eigenvalue weighted by molar-refractivity contribution is -0.127. The summed E-state index contributed by atoms with van der Waals surface area (Å²) in [6, 6.07) is 17.4. The van der Waals surface area contributed by atoms with Gasteiger partial charge in [0.1, 0.15) is 17.7 Å². The summed E-state index contributed by atoms with van der Waals surface area (Å²) in [5.74, 6) is -0.798. The Labute approximate surface area is 228 Å². The topological polar surface area (TPSA) is 91.4 Å². The van der Waals surface area contributed by atoms with Gasteiger partial charge in [-0.15, -0.1) is 0 Å². The first-order chi connectivity index (χ1) is 18.9.